The molecule has 1 atom stereocenters. The quantitative estimate of drug-likeness (QED) is 0.313. The fraction of sp³-hybridized carbons (Fsp3) is 0.429. The minimum atomic E-state index is 0. The number of aromatic nitrogens is 1. The highest BCUT2D eigenvalue weighted by molar-refractivity contribution is 14.0. The number of halogens is 2. The number of hydrogen-bond acceptors (Lipinski definition) is 4. The number of hydrogen-bond donors (Lipinski definition) is 2. The van der Waals surface area contributed by atoms with E-state index in [-0.39, 0.29) is 24.0 Å². The largest absolute Gasteiger partial charge is 0.369 e. The van der Waals surface area contributed by atoms with Crippen LogP contribution in [0.4, 0.5) is 11.5 Å². The van der Waals surface area contributed by atoms with Crippen LogP contribution >= 0.6 is 39.9 Å². The van der Waals surface area contributed by atoms with Crippen molar-refractivity contribution in [3.63, 3.8) is 0 Å². The van der Waals surface area contributed by atoms with Crippen molar-refractivity contribution >= 4 is 57.4 Å². The molecule has 1 fully saturated rings. The van der Waals surface area contributed by atoms with Gasteiger partial charge in [0.2, 0.25) is 0 Å². The summed E-state index contributed by atoms with van der Waals surface area (Å²) in [4.78, 5) is 13.7. The third-order valence-electron chi connectivity index (χ3n) is 4.76. The molecular weight excluding hydrogens is 543 g/mol. The SMILES string of the molecule is CCNC(=NCc1cccnc1N(C)C)NC1CCN(c2ccc(Br)cc2)C1.I. The highest BCUT2D eigenvalue weighted by atomic mass is 127. The second-order valence-corrected chi connectivity index (χ2v) is 8.04. The second kappa shape index (κ2) is 11.6. The first kappa shape index (κ1) is 23.7. The summed E-state index contributed by atoms with van der Waals surface area (Å²) in [5, 5.41) is 6.97. The highest BCUT2D eigenvalue weighted by Gasteiger charge is 2.23. The molecule has 0 spiro atoms. The van der Waals surface area contributed by atoms with Crippen LogP contribution in [0.1, 0.15) is 18.9 Å². The Morgan fingerprint density at radius 1 is 1.28 bits per heavy atom. The van der Waals surface area contributed by atoms with Gasteiger partial charge in [-0.05, 0) is 43.7 Å². The van der Waals surface area contributed by atoms with E-state index in [1.807, 2.05) is 31.3 Å². The number of pyridine rings is 1. The molecule has 158 valence electrons. The lowest BCUT2D eigenvalue weighted by atomic mass is 10.2. The zero-order chi connectivity index (χ0) is 19.9. The molecule has 2 N–H and O–H groups in total. The molecule has 1 aromatic carbocycles. The van der Waals surface area contributed by atoms with Gasteiger partial charge in [-0.25, -0.2) is 9.98 Å². The van der Waals surface area contributed by atoms with Crippen LogP contribution in [0.3, 0.4) is 0 Å². The Bertz CT molecular complexity index is 796. The molecule has 0 aliphatic carbocycles. The molecule has 2 heterocycles. The molecule has 1 aromatic heterocycles. The summed E-state index contributed by atoms with van der Waals surface area (Å²) in [6.07, 6.45) is 2.91. The summed E-state index contributed by atoms with van der Waals surface area (Å²) < 4.78 is 1.11. The van der Waals surface area contributed by atoms with Gasteiger partial charge in [0, 0.05) is 61.7 Å². The Hall–Kier alpha value is -1.55. The topological polar surface area (TPSA) is 55.8 Å². The van der Waals surface area contributed by atoms with Crippen LogP contribution in [0.25, 0.3) is 0 Å². The van der Waals surface area contributed by atoms with Gasteiger partial charge < -0.3 is 20.4 Å². The molecule has 0 amide bonds. The third-order valence-corrected chi connectivity index (χ3v) is 5.29. The zero-order valence-electron chi connectivity index (χ0n) is 17.2. The van der Waals surface area contributed by atoms with Crippen LogP contribution in [0.15, 0.2) is 52.1 Å². The average Bonchev–Trinajstić information content (AvgIpc) is 3.15. The van der Waals surface area contributed by atoms with E-state index in [4.69, 9.17) is 4.99 Å². The van der Waals surface area contributed by atoms with Gasteiger partial charge in [0.25, 0.3) is 0 Å². The van der Waals surface area contributed by atoms with Crippen molar-refractivity contribution in [3.05, 3.63) is 52.6 Å². The maximum atomic E-state index is 4.80. The smallest absolute Gasteiger partial charge is 0.191 e. The summed E-state index contributed by atoms with van der Waals surface area (Å²) in [6, 6.07) is 12.9. The second-order valence-electron chi connectivity index (χ2n) is 7.13. The van der Waals surface area contributed by atoms with Crippen molar-refractivity contribution in [2.75, 3.05) is 43.5 Å². The molecule has 1 aliphatic rings. The first-order valence-electron chi connectivity index (χ1n) is 9.73. The van der Waals surface area contributed by atoms with Crippen LogP contribution in [0.2, 0.25) is 0 Å². The number of rotatable bonds is 6. The summed E-state index contributed by atoms with van der Waals surface area (Å²) >= 11 is 3.50. The van der Waals surface area contributed by atoms with Gasteiger partial charge >= 0.3 is 0 Å². The Morgan fingerprint density at radius 2 is 2.03 bits per heavy atom. The Morgan fingerprint density at radius 3 is 2.72 bits per heavy atom. The lowest BCUT2D eigenvalue weighted by Gasteiger charge is -2.21. The van der Waals surface area contributed by atoms with Gasteiger partial charge in [0.05, 0.1) is 6.54 Å². The van der Waals surface area contributed by atoms with Crippen molar-refractivity contribution in [3.8, 4) is 0 Å². The molecule has 1 unspecified atom stereocenters. The fourth-order valence-electron chi connectivity index (χ4n) is 3.40. The van der Waals surface area contributed by atoms with E-state index < -0.39 is 0 Å². The van der Waals surface area contributed by atoms with E-state index in [9.17, 15) is 0 Å². The van der Waals surface area contributed by atoms with Gasteiger partial charge in [-0.1, -0.05) is 22.0 Å². The van der Waals surface area contributed by atoms with Crippen LogP contribution in [0.5, 0.6) is 0 Å². The molecule has 0 radical (unpaired) electrons. The average molecular weight is 573 g/mol. The zero-order valence-corrected chi connectivity index (χ0v) is 21.1. The van der Waals surface area contributed by atoms with Crippen molar-refractivity contribution < 1.29 is 0 Å². The van der Waals surface area contributed by atoms with Crippen LogP contribution in [-0.4, -0.2) is 50.7 Å². The molecular formula is C21H30BrIN6. The van der Waals surface area contributed by atoms with E-state index in [1.165, 1.54) is 5.69 Å². The van der Waals surface area contributed by atoms with Crippen LogP contribution in [-0.2, 0) is 6.54 Å². The van der Waals surface area contributed by atoms with Crippen molar-refractivity contribution in [1.82, 2.24) is 15.6 Å². The molecule has 1 saturated heterocycles. The molecule has 3 rings (SSSR count). The lowest BCUT2D eigenvalue weighted by molar-refractivity contribution is 0.649. The predicted molar refractivity (Wildman–Crippen MR) is 137 cm³/mol. The molecule has 2 aromatic rings. The first-order chi connectivity index (χ1) is 13.6. The Kier molecular flexibility index (Phi) is 9.48. The number of nitrogens with zero attached hydrogens (tertiary/aromatic N) is 4. The molecule has 0 bridgehead atoms. The predicted octanol–water partition coefficient (Wildman–Crippen LogP) is 3.86. The van der Waals surface area contributed by atoms with E-state index in [2.05, 4.69) is 73.7 Å². The van der Waals surface area contributed by atoms with Gasteiger partial charge in [-0.15, -0.1) is 24.0 Å². The Balaban J connectivity index is 0.00000300. The summed E-state index contributed by atoms with van der Waals surface area (Å²) in [5.41, 5.74) is 2.38. The van der Waals surface area contributed by atoms with Gasteiger partial charge in [0.1, 0.15) is 5.82 Å². The Labute approximate surface area is 199 Å². The normalized spacial score (nSPS) is 16.3. The maximum Gasteiger partial charge on any atom is 0.191 e. The molecule has 29 heavy (non-hydrogen) atoms. The highest BCUT2D eigenvalue weighted by Crippen LogP contribution is 2.22. The standard InChI is InChI=1S/C21H29BrN6.HI/c1-4-23-21(25-14-16-6-5-12-24-20(16)27(2)3)26-18-11-13-28(15-18)19-9-7-17(22)8-10-19;/h5-10,12,18H,4,11,13-15H2,1-3H3,(H2,23,25,26);1H. The summed E-state index contributed by atoms with van der Waals surface area (Å²) in [6.45, 7) is 5.55. The summed E-state index contributed by atoms with van der Waals surface area (Å²) in [5.74, 6) is 1.82. The minimum Gasteiger partial charge on any atom is -0.369 e. The number of guanidine groups is 1. The summed E-state index contributed by atoms with van der Waals surface area (Å²) in [7, 11) is 4.02. The molecule has 6 nitrogen and oxygen atoms in total. The van der Waals surface area contributed by atoms with Crippen LogP contribution in [0, 0.1) is 0 Å². The molecule has 1 aliphatic heterocycles. The van der Waals surface area contributed by atoms with Gasteiger partial charge in [-0.2, -0.15) is 0 Å². The maximum absolute atomic E-state index is 4.80. The van der Waals surface area contributed by atoms with E-state index >= 15 is 0 Å². The molecule has 0 saturated carbocycles. The van der Waals surface area contributed by atoms with E-state index in [0.717, 1.165) is 47.9 Å². The van der Waals surface area contributed by atoms with Crippen molar-refractivity contribution in [1.29, 1.82) is 0 Å². The van der Waals surface area contributed by atoms with E-state index in [1.54, 1.807) is 0 Å². The van der Waals surface area contributed by atoms with E-state index in [0.29, 0.717) is 12.6 Å². The number of benzene rings is 1. The van der Waals surface area contributed by atoms with Gasteiger partial charge in [0.15, 0.2) is 5.96 Å². The molecule has 8 heteroatoms. The number of nitrogens with one attached hydrogen (secondary N) is 2. The first-order valence-corrected chi connectivity index (χ1v) is 10.5. The fourth-order valence-corrected chi connectivity index (χ4v) is 3.66. The number of anilines is 2. The minimum absolute atomic E-state index is 0. The monoisotopic (exact) mass is 572 g/mol. The van der Waals surface area contributed by atoms with Crippen molar-refractivity contribution in [2.24, 2.45) is 4.99 Å². The lowest BCUT2D eigenvalue weighted by Crippen LogP contribution is -2.44. The van der Waals surface area contributed by atoms with Crippen LogP contribution < -0.4 is 20.4 Å². The third kappa shape index (κ3) is 6.74. The van der Waals surface area contributed by atoms with Gasteiger partial charge in [-0.3, -0.25) is 0 Å². The number of aliphatic imine (C=N–C) groups is 1. The van der Waals surface area contributed by atoms with Crippen molar-refractivity contribution in [2.45, 2.75) is 25.9 Å².